The van der Waals surface area contributed by atoms with Crippen LogP contribution >= 0.6 is 15.9 Å². The lowest BCUT2D eigenvalue weighted by Crippen LogP contribution is -2.41. The van der Waals surface area contributed by atoms with Crippen molar-refractivity contribution in [2.75, 3.05) is 13.1 Å². The van der Waals surface area contributed by atoms with Crippen molar-refractivity contribution in [2.45, 2.75) is 54.0 Å². The van der Waals surface area contributed by atoms with Crippen LogP contribution in [0.3, 0.4) is 0 Å². The van der Waals surface area contributed by atoms with Crippen LogP contribution in [0.25, 0.3) is 0 Å². The molecule has 0 N–H and O–H groups in total. The SMILES string of the molecule is Cc1c(Br)c(C(F)F)nn1[C@@H](C)C(=O)N(CC(C)C)CC(C)C. The van der Waals surface area contributed by atoms with E-state index in [-0.39, 0.29) is 16.1 Å². The summed E-state index contributed by atoms with van der Waals surface area (Å²) in [5.41, 5.74) is 0.219. The van der Waals surface area contributed by atoms with Crippen molar-refractivity contribution < 1.29 is 13.6 Å². The van der Waals surface area contributed by atoms with Gasteiger partial charge in [-0.05, 0) is 41.6 Å². The van der Waals surface area contributed by atoms with Crippen molar-refractivity contribution in [3.05, 3.63) is 15.9 Å². The first-order valence-electron chi connectivity index (χ1n) is 7.87. The normalized spacial score (nSPS) is 13.2. The van der Waals surface area contributed by atoms with E-state index >= 15 is 0 Å². The standard InChI is InChI=1S/C16H26BrF2N3O/c1-9(2)7-21(8-10(3)4)16(23)12(6)22-11(5)13(17)14(20-22)15(18)19/h9-10,12,15H,7-8H2,1-6H3/t12-/m0/s1. The minimum absolute atomic E-state index is 0.0914. The predicted octanol–water partition coefficient (Wildman–Crippen LogP) is 4.59. The molecule has 1 rings (SSSR count). The molecular weight excluding hydrogens is 368 g/mol. The highest BCUT2D eigenvalue weighted by Crippen LogP contribution is 2.31. The number of nitrogens with zero attached hydrogens (tertiary/aromatic N) is 3. The van der Waals surface area contributed by atoms with Gasteiger partial charge in [0.05, 0.1) is 10.2 Å². The van der Waals surface area contributed by atoms with Gasteiger partial charge < -0.3 is 4.90 Å². The smallest absolute Gasteiger partial charge is 0.283 e. The largest absolute Gasteiger partial charge is 0.340 e. The first-order valence-corrected chi connectivity index (χ1v) is 8.66. The van der Waals surface area contributed by atoms with Gasteiger partial charge in [-0.3, -0.25) is 9.48 Å². The second-order valence-electron chi connectivity index (χ2n) is 6.74. The van der Waals surface area contributed by atoms with Crippen molar-refractivity contribution >= 4 is 21.8 Å². The average molecular weight is 394 g/mol. The van der Waals surface area contributed by atoms with Crippen LogP contribution in [0.5, 0.6) is 0 Å². The Hall–Kier alpha value is -0.980. The number of carbonyl (C=O) groups is 1. The molecule has 1 amide bonds. The number of rotatable bonds is 7. The van der Waals surface area contributed by atoms with Gasteiger partial charge in [0.25, 0.3) is 6.43 Å². The number of carbonyl (C=O) groups excluding carboxylic acids is 1. The average Bonchev–Trinajstić information content (AvgIpc) is 2.72. The van der Waals surface area contributed by atoms with E-state index in [2.05, 4.69) is 48.7 Å². The Morgan fingerprint density at radius 1 is 1.17 bits per heavy atom. The molecule has 132 valence electrons. The van der Waals surface area contributed by atoms with E-state index in [9.17, 15) is 13.6 Å². The van der Waals surface area contributed by atoms with E-state index in [0.717, 1.165) is 0 Å². The lowest BCUT2D eigenvalue weighted by molar-refractivity contribution is -0.135. The van der Waals surface area contributed by atoms with Crippen molar-refractivity contribution in [3.8, 4) is 0 Å². The minimum Gasteiger partial charge on any atom is -0.340 e. The molecule has 0 spiro atoms. The monoisotopic (exact) mass is 393 g/mol. The topological polar surface area (TPSA) is 38.1 Å². The van der Waals surface area contributed by atoms with Gasteiger partial charge in [-0.2, -0.15) is 5.10 Å². The van der Waals surface area contributed by atoms with E-state index in [1.165, 1.54) is 4.68 Å². The summed E-state index contributed by atoms with van der Waals surface area (Å²) in [5.74, 6) is 0.588. The Kier molecular flexibility index (Phi) is 7.17. The minimum atomic E-state index is -2.67. The summed E-state index contributed by atoms with van der Waals surface area (Å²) in [6, 6.07) is -0.615. The van der Waals surface area contributed by atoms with Crippen LogP contribution in [-0.4, -0.2) is 33.7 Å². The highest BCUT2D eigenvalue weighted by atomic mass is 79.9. The van der Waals surface area contributed by atoms with Crippen molar-refractivity contribution in [1.82, 2.24) is 14.7 Å². The molecule has 1 atom stereocenters. The second kappa shape index (κ2) is 8.22. The third-order valence-electron chi connectivity index (χ3n) is 3.52. The highest BCUT2D eigenvalue weighted by molar-refractivity contribution is 9.10. The molecule has 0 aromatic carbocycles. The van der Waals surface area contributed by atoms with Crippen LogP contribution in [0, 0.1) is 18.8 Å². The lowest BCUT2D eigenvalue weighted by atomic mass is 10.1. The summed E-state index contributed by atoms with van der Waals surface area (Å²) >= 11 is 3.15. The molecule has 0 fully saturated rings. The van der Waals surface area contributed by atoms with Gasteiger partial charge in [0.15, 0.2) is 0 Å². The number of hydrogen-bond acceptors (Lipinski definition) is 2. The summed E-state index contributed by atoms with van der Waals surface area (Å²) in [6.07, 6.45) is -2.67. The van der Waals surface area contributed by atoms with Gasteiger partial charge in [0.2, 0.25) is 5.91 Å². The van der Waals surface area contributed by atoms with Gasteiger partial charge in [-0.25, -0.2) is 8.78 Å². The number of amides is 1. The van der Waals surface area contributed by atoms with E-state index in [1.54, 1.807) is 18.7 Å². The molecule has 0 bridgehead atoms. The molecule has 0 unspecified atom stereocenters. The Morgan fingerprint density at radius 2 is 1.65 bits per heavy atom. The van der Waals surface area contributed by atoms with E-state index in [1.807, 2.05) is 0 Å². The van der Waals surface area contributed by atoms with E-state index < -0.39 is 12.5 Å². The highest BCUT2D eigenvalue weighted by Gasteiger charge is 2.28. The van der Waals surface area contributed by atoms with Crippen molar-refractivity contribution in [1.29, 1.82) is 0 Å². The molecule has 1 aromatic rings. The van der Waals surface area contributed by atoms with Crippen LogP contribution in [0.15, 0.2) is 4.47 Å². The predicted molar refractivity (Wildman–Crippen MR) is 90.6 cm³/mol. The van der Waals surface area contributed by atoms with Gasteiger partial charge in [-0.15, -0.1) is 0 Å². The Labute approximate surface area is 145 Å². The van der Waals surface area contributed by atoms with Crippen molar-refractivity contribution in [2.24, 2.45) is 11.8 Å². The second-order valence-corrected chi connectivity index (χ2v) is 7.53. The molecule has 0 aliphatic heterocycles. The first-order chi connectivity index (χ1) is 10.6. The zero-order valence-corrected chi connectivity index (χ0v) is 16.2. The van der Waals surface area contributed by atoms with E-state index in [0.29, 0.717) is 30.6 Å². The quantitative estimate of drug-likeness (QED) is 0.678. The molecule has 0 aliphatic carbocycles. The molecule has 0 radical (unpaired) electrons. The van der Waals surface area contributed by atoms with Crippen LogP contribution in [-0.2, 0) is 4.79 Å². The fourth-order valence-corrected chi connectivity index (χ4v) is 2.98. The maximum absolute atomic E-state index is 13.0. The Bertz CT molecular complexity index is 534. The Balaban J connectivity index is 3.08. The summed E-state index contributed by atoms with van der Waals surface area (Å²) in [7, 11) is 0. The third kappa shape index (κ3) is 4.99. The van der Waals surface area contributed by atoms with Gasteiger partial charge in [0, 0.05) is 13.1 Å². The molecule has 1 aromatic heterocycles. The summed E-state index contributed by atoms with van der Waals surface area (Å²) in [5, 5.41) is 3.94. The lowest BCUT2D eigenvalue weighted by Gasteiger charge is -2.29. The maximum Gasteiger partial charge on any atom is 0.283 e. The van der Waals surface area contributed by atoms with Crippen molar-refractivity contribution in [3.63, 3.8) is 0 Å². The molecule has 0 saturated heterocycles. The number of halogens is 3. The summed E-state index contributed by atoms with van der Waals surface area (Å²) < 4.78 is 27.6. The molecule has 7 heteroatoms. The summed E-state index contributed by atoms with van der Waals surface area (Å²) in [6.45, 7) is 12.9. The first kappa shape index (κ1) is 20.1. The molecule has 0 aliphatic rings. The van der Waals surface area contributed by atoms with Gasteiger partial charge in [0.1, 0.15) is 11.7 Å². The molecule has 4 nitrogen and oxygen atoms in total. The number of hydrogen-bond donors (Lipinski definition) is 0. The summed E-state index contributed by atoms with van der Waals surface area (Å²) in [4.78, 5) is 14.6. The zero-order chi connectivity index (χ0) is 17.9. The fraction of sp³-hybridized carbons (Fsp3) is 0.750. The van der Waals surface area contributed by atoms with Crippen LogP contribution < -0.4 is 0 Å². The zero-order valence-electron chi connectivity index (χ0n) is 14.6. The fourth-order valence-electron chi connectivity index (χ4n) is 2.54. The van der Waals surface area contributed by atoms with Crippen LogP contribution in [0.2, 0.25) is 0 Å². The van der Waals surface area contributed by atoms with Gasteiger partial charge in [-0.1, -0.05) is 27.7 Å². The molecule has 23 heavy (non-hydrogen) atoms. The van der Waals surface area contributed by atoms with Crippen LogP contribution in [0.4, 0.5) is 8.78 Å². The molecular formula is C16H26BrF2N3O. The van der Waals surface area contributed by atoms with Gasteiger partial charge >= 0.3 is 0 Å². The molecule has 0 saturated carbocycles. The molecule has 1 heterocycles. The maximum atomic E-state index is 13.0. The number of aromatic nitrogens is 2. The number of alkyl halides is 2. The third-order valence-corrected chi connectivity index (χ3v) is 4.50. The van der Waals surface area contributed by atoms with E-state index in [4.69, 9.17) is 0 Å². The van der Waals surface area contributed by atoms with Crippen LogP contribution in [0.1, 0.15) is 58.5 Å². The Morgan fingerprint density at radius 3 is 2.00 bits per heavy atom.